The number of nitrogens with zero attached hydrogens (tertiary/aromatic N) is 1. The van der Waals surface area contributed by atoms with E-state index in [0.29, 0.717) is 5.57 Å². The number of aliphatic carboxylic acids is 1. The molecule has 1 heterocycles. The molecule has 2 unspecified atom stereocenters. The van der Waals surface area contributed by atoms with Gasteiger partial charge in [-0.05, 0) is 12.5 Å². The highest BCUT2D eigenvalue weighted by Crippen LogP contribution is 2.25. The van der Waals surface area contributed by atoms with Crippen LogP contribution in [0.4, 0.5) is 0 Å². The van der Waals surface area contributed by atoms with Crippen LogP contribution in [-0.2, 0) is 14.4 Å². The maximum Gasteiger partial charge on any atom is 0.328 e. The molecule has 0 aromatic heterocycles. The fourth-order valence-electron chi connectivity index (χ4n) is 1.69. The predicted octanol–water partition coefficient (Wildman–Crippen LogP) is 0.658. The van der Waals surface area contributed by atoms with Crippen LogP contribution < -0.4 is 0 Å². The molecule has 5 nitrogen and oxygen atoms in total. The van der Waals surface area contributed by atoms with Crippen LogP contribution in [0.15, 0.2) is 11.6 Å². The minimum atomic E-state index is -1.07. The van der Waals surface area contributed by atoms with Crippen LogP contribution in [0.5, 0.6) is 0 Å². The van der Waals surface area contributed by atoms with E-state index in [1.807, 2.05) is 0 Å². The van der Waals surface area contributed by atoms with Crippen LogP contribution in [0.2, 0.25) is 0 Å². The molecule has 0 radical (unpaired) electrons. The van der Waals surface area contributed by atoms with Crippen LogP contribution in [0.25, 0.3) is 0 Å². The summed E-state index contributed by atoms with van der Waals surface area (Å²) in [4.78, 5) is 34.9. The molecule has 0 bridgehead atoms. The van der Waals surface area contributed by atoms with E-state index in [-0.39, 0.29) is 30.2 Å². The third-order valence-corrected chi connectivity index (χ3v) is 2.84. The van der Waals surface area contributed by atoms with Crippen LogP contribution in [-0.4, -0.2) is 34.3 Å². The smallest absolute Gasteiger partial charge is 0.328 e. The number of carboxylic acids is 1. The van der Waals surface area contributed by atoms with Crippen molar-refractivity contribution >= 4 is 17.8 Å². The van der Waals surface area contributed by atoms with Gasteiger partial charge in [0, 0.05) is 24.5 Å². The molecular weight excluding hydrogens is 210 g/mol. The first-order valence-corrected chi connectivity index (χ1v) is 5.10. The molecule has 1 rings (SSSR count). The number of amides is 2. The summed E-state index contributed by atoms with van der Waals surface area (Å²) in [7, 11) is 0. The van der Waals surface area contributed by atoms with Gasteiger partial charge < -0.3 is 5.11 Å². The minimum absolute atomic E-state index is 0.0681. The lowest BCUT2D eigenvalue weighted by atomic mass is 10.00. The van der Waals surface area contributed by atoms with Gasteiger partial charge in [-0.3, -0.25) is 14.5 Å². The van der Waals surface area contributed by atoms with Crippen molar-refractivity contribution in [2.75, 3.05) is 6.54 Å². The van der Waals surface area contributed by atoms with Crippen molar-refractivity contribution < 1.29 is 19.5 Å². The van der Waals surface area contributed by atoms with Crippen LogP contribution >= 0.6 is 0 Å². The highest BCUT2D eigenvalue weighted by atomic mass is 16.4. The zero-order valence-corrected chi connectivity index (χ0v) is 9.56. The van der Waals surface area contributed by atoms with Crippen molar-refractivity contribution in [1.29, 1.82) is 0 Å². The van der Waals surface area contributed by atoms with Crippen LogP contribution in [0.1, 0.15) is 20.8 Å². The topological polar surface area (TPSA) is 74.7 Å². The quantitative estimate of drug-likeness (QED) is 0.565. The van der Waals surface area contributed by atoms with Crippen molar-refractivity contribution in [3.63, 3.8) is 0 Å². The standard InChI is InChI=1S/C11H15NO4/c1-6(4-9(13)14)5-12-10(15)7(2)8(3)11(12)16/h4,7-8H,5H2,1-3H3,(H,13,14). The molecule has 2 atom stereocenters. The summed E-state index contributed by atoms with van der Waals surface area (Å²) in [6, 6.07) is 0. The molecule has 1 N–H and O–H groups in total. The van der Waals surface area contributed by atoms with Gasteiger partial charge >= 0.3 is 5.97 Å². The second kappa shape index (κ2) is 4.47. The molecule has 0 aromatic carbocycles. The van der Waals surface area contributed by atoms with Gasteiger partial charge in [0.25, 0.3) is 0 Å². The Morgan fingerprint density at radius 1 is 1.31 bits per heavy atom. The van der Waals surface area contributed by atoms with E-state index < -0.39 is 5.97 Å². The van der Waals surface area contributed by atoms with Crippen molar-refractivity contribution in [1.82, 2.24) is 4.90 Å². The summed E-state index contributed by atoms with van der Waals surface area (Å²) in [5, 5.41) is 8.53. The van der Waals surface area contributed by atoms with E-state index in [4.69, 9.17) is 5.11 Å². The fourth-order valence-corrected chi connectivity index (χ4v) is 1.69. The van der Waals surface area contributed by atoms with Gasteiger partial charge in [0.1, 0.15) is 0 Å². The molecule has 1 fully saturated rings. The summed E-state index contributed by atoms with van der Waals surface area (Å²) < 4.78 is 0. The van der Waals surface area contributed by atoms with E-state index in [1.54, 1.807) is 20.8 Å². The predicted molar refractivity (Wildman–Crippen MR) is 56.4 cm³/mol. The van der Waals surface area contributed by atoms with Gasteiger partial charge in [-0.15, -0.1) is 0 Å². The largest absolute Gasteiger partial charge is 0.478 e. The first kappa shape index (κ1) is 12.4. The average Bonchev–Trinajstić information content (AvgIpc) is 2.34. The monoisotopic (exact) mass is 225 g/mol. The number of carboxylic acid groups (broad SMARTS) is 1. The molecule has 1 aliphatic rings. The summed E-state index contributed by atoms with van der Waals surface area (Å²) in [5.41, 5.74) is 0.482. The molecule has 0 aliphatic carbocycles. The first-order valence-electron chi connectivity index (χ1n) is 5.10. The Hall–Kier alpha value is -1.65. The number of carbonyl (C=O) groups is 3. The average molecular weight is 225 g/mol. The molecule has 0 saturated carbocycles. The molecule has 88 valence electrons. The molecular formula is C11H15NO4. The number of hydrogen-bond donors (Lipinski definition) is 1. The Bertz CT molecular complexity index is 352. The molecule has 0 aromatic rings. The van der Waals surface area contributed by atoms with E-state index in [2.05, 4.69) is 0 Å². The van der Waals surface area contributed by atoms with E-state index in [0.717, 1.165) is 11.0 Å². The fraction of sp³-hybridized carbons (Fsp3) is 0.545. The molecule has 2 amide bonds. The zero-order chi connectivity index (χ0) is 12.5. The summed E-state index contributed by atoms with van der Waals surface area (Å²) in [6.45, 7) is 5.07. The van der Waals surface area contributed by atoms with E-state index in [9.17, 15) is 14.4 Å². The van der Waals surface area contributed by atoms with Gasteiger partial charge in [-0.2, -0.15) is 0 Å². The van der Waals surface area contributed by atoms with Gasteiger partial charge in [0.2, 0.25) is 11.8 Å². The van der Waals surface area contributed by atoms with Crippen molar-refractivity contribution in [2.24, 2.45) is 11.8 Å². The maximum absolute atomic E-state index is 11.7. The molecule has 16 heavy (non-hydrogen) atoms. The molecule has 1 saturated heterocycles. The van der Waals surface area contributed by atoms with Gasteiger partial charge in [-0.1, -0.05) is 13.8 Å². The highest BCUT2D eigenvalue weighted by Gasteiger charge is 2.41. The van der Waals surface area contributed by atoms with E-state index >= 15 is 0 Å². The van der Waals surface area contributed by atoms with Gasteiger partial charge in [-0.25, -0.2) is 4.79 Å². The van der Waals surface area contributed by atoms with Crippen molar-refractivity contribution in [3.05, 3.63) is 11.6 Å². The number of hydrogen-bond acceptors (Lipinski definition) is 3. The summed E-state index contributed by atoms with van der Waals surface area (Å²) >= 11 is 0. The third-order valence-electron chi connectivity index (χ3n) is 2.84. The first-order chi connectivity index (χ1) is 7.34. The van der Waals surface area contributed by atoms with Crippen LogP contribution in [0, 0.1) is 11.8 Å². The lowest BCUT2D eigenvalue weighted by Gasteiger charge is -2.14. The van der Waals surface area contributed by atoms with Crippen molar-refractivity contribution in [2.45, 2.75) is 20.8 Å². The Kier molecular flexibility index (Phi) is 3.47. The highest BCUT2D eigenvalue weighted by molar-refractivity contribution is 6.05. The third kappa shape index (κ3) is 2.29. The Labute approximate surface area is 93.7 Å². The minimum Gasteiger partial charge on any atom is -0.478 e. The zero-order valence-electron chi connectivity index (χ0n) is 9.56. The molecule has 5 heteroatoms. The molecule has 0 spiro atoms. The SMILES string of the molecule is CC(=CC(=O)O)CN1C(=O)C(C)C(C)C1=O. The summed E-state index contributed by atoms with van der Waals surface area (Å²) in [6.07, 6.45) is 1.01. The lowest BCUT2D eigenvalue weighted by Crippen LogP contribution is -2.32. The normalized spacial score (nSPS) is 26.4. The number of likely N-dealkylation sites (tertiary alicyclic amines) is 1. The number of rotatable bonds is 3. The van der Waals surface area contributed by atoms with E-state index in [1.165, 1.54) is 0 Å². The van der Waals surface area contributed by atoms with Crippen LogP contribution in [0.3, 0.4) is 0 Å². The van der Waals surface area contributed by atoms with Gasteiger partial charge in [0.15, 0.2) is 0 Å². The van der Waals surface area contributed by atoms with Crippen molar-refractivity contribution in [3.8, 4) is 0 Å². The lowest BCUT2D eigenvalue weighted by molar-refractivity contribution is -0.139. The Morgan fingerprint density at radius 3 is 2.12 bits per heavy atom. The molecule has 1 aliphatic heterocycles. The Morgan fingerprint density at radius 2 is 1.75 bits per heavy atom. The Balaban J connectivity index is 2.79. The number of carbonyl (C=O) groups excluding carboxylic acids is 2. The summed E-state index contributed by atoms with van der Waals surface area (Å²) in [5.74, 6) is -2.15. The van der Waals surface area contributed by atoms with Gasteiger partial charge in [0.05, 0.1) is 0 Å². The second-order valence-corrected chi connectivity index (χ2v) is 4.17. The number of imide groups is 1. The maximum atomic E-state index is 11.7. The second-order valence-electron chi connectivity index (χ2n) is 4.17.